The highest BCUT2D eigenvalue weighted by Crippen LogP contribution is 2.29. The van der Waals surface area contributed by atoms with Crippen molar-refractivity contribution in [1.82, 2.24) is 0 Å². The first-order valence-electron chi connectivity index (χ1n) is 6.24. The van der Waals surface area contributed by atoms with Crippen LogP contribution in [0.1, 0.15) is 18.4 Å². The van der Waals surface area contributed by atoms with E-state index >= 15 is 0 Å². The summed E-state index contributed by atoms with van der Waals surface area (Å²) in [6.07, 6.45) is 2.45. The van der Waals surface area contributed by atoms with Crippen molar-refractivity contribution in [3.63, 3.8) is 0 Å². The highest BCUT2D eigenvalue weighted by atomic mass is 15.3. The zero-order chi connectivity index (χ0) is 13.7. The number of nitrogens with one attached hydrogen (secondary N) is 1. The third-order valence-electron chi connectivity index (χ3n) is 3.25. The van der Waals surface area contributed by atoms with Crippen molar-refractivity contribution in [2.45, 2.75) is 19.8 Å². The predicted octanol–water partition coefficient (Wildman–Crippen LogP) is 2.41. The van der Waals surface area contributed by atoms with Gasteiger partial charge in [-0.15, -0.1) is 0 Å². The van der Waals surface area contributed by atoms with Crippen molar-refractivity contribution >= 4 is 17.1 Å². The summed E-state index contributed by atoms with van der Waals surface area (Å²) in [6, 6.07) is 9.39. The molecule has 0 radical (unpaired) electrons. The molecule has 1 aliphatic rings. The molecule has 1 fully saturated rings. The first-order chi connectivity index (χ1) is 9.26. The molecule has 5 heteroatoms. The average molecular weight is 253 g/mol. The maximum Gasteiger partial charge on any atom is 0.237 e. The second-order valence-corrected chi connectivity index (χ2v) is 4.44. The summed E-state index contributed by atoms with van der Waals surface area (Å²) in [5.41, 5.74) is 5.72. The maximum absolute atomic E-state index is 8.65. The van der Waals surface area contributed by atoms with Crippen LogP contribution in [0.25, 0.3) is 0 Å². The molecule has 1 aromatic carbocycles. The normalized spacial score (nSPS) is 13.5. The Bertz CT molecular complexity index is 554. The molecule has 2 rings (SSSR count). The van der Waals surface area contributed by atoms with Gasteiger partial charge in [0.1, 0.15) is 12.1 Å². The molecule has 0 atom stereocenters. The van der Waals surface area contributed by atoms with E-state index in [1.165, 1.54) is 18.5 Å². The van der Waals surface area contributed by atoms with E-state index in [4.69, 9.17) is 10.5 Å². The Morgan fingerprint density at radius 2 is 1.95 bits per heavy atom. The van der Waals surface area contributed by atoms with Gasteiger partial charge in [-0.1, -0.05) is 6.07 Å². The van der Waals surface area contributed by atoms with Crippen molar-refractivity contribution in [2.75, 3.05) is 23.4 Å². The number of hydrazone groups is 1. The molecule has 0 spiro atoms. The monoisotopic (exact) mass is 253 g/mol. The summed E-state index contributed by atoms with van der Waals surface area (Å²) in [4.78, 5) is 2.35. The summed E-state index contributed by atoms with van der Waals surface area (Å²) in [5.74, 6) is 0. The summed E-state index contributed by atoms with van der Waals surface area (Å²) < 4.78 is 0. The Kier molecular flexibility index (Phi) is 4.00. The van der Waals surface area contributed by atoms with Gasteiger partial charge in [0.2, 0.25) is 5.71 Å². The summed E-state index contributed by atoms with van der Waals surface area (Å²) in [6.45, 7) is 4.17. The van der Waals surface area contributed by atoms with Crippen molar-refractivity contribution < 1.29 is 0 Å². The third kappa shape index (κ3) is 2.83. The van der Waals surface area contributed by atoms with E-state index in [1.54, 1.807) is 12.1 Å². The van der Waals surface area contributed by atoms with E-state index in [0.717, 1.165) is 24.3 Å². The minimum atomic E-state index is -0.175. The van der Waals surface area contributed by atoms with Crippen molar-refractivity contribution in [2.24, 2.45) is 5.10 Å². The zero-order valence-corrected chi connectivity index (χ0v) is 10.8. The van der Waals surface area contributed by atoms with Crippen LogP contribution in [-0.4, -0.2) is 18.8 Å². The average Bonchev–Trinajstić information content (AvgIpc) is 2.95. The second-order valence-electron chi connectivity index (χ2n) is 4.44. The van der Waals surface area contributed by atoms with Gasteiger partial charge in [-0.25, -0.2) is 0 Å². The lowest BCUT2D eigenvalue weighted by atomic mass is 10.1. The first-order valence-corrected chi connectivity index (χ1v) is 6.24. The topological polar surface area (TPSA) is 75.2 Å². The summed E-state index contributed by atoms with van der Waals surface area (Å²) in [5, 5.41) is 21.1. The molecule has 96 valence electrons. The van der Waals surface area contributed by atoms with E-state index in [1.807, 2.05) is 19.1 Å². The molecule has 5 nitrogen and oxygen atoms in total. The quantitative estimate of drug-likeness (QED) is 0.663. The fraction of sp³-hybridized carbons (Fsp3) is 0.357. The van der Waals surface area contributed by atoms with Gasteiger partial charge < -0.3 is 4.90 Å². The highest BCUT2D eigenvalue weighted by Gasteiger charge is 2.15. The van der Waals surface area contributed by atoms with Gasteiger partial charge in [0.25, 0.3) is 0 Å². The SMILES string of the molecule is Cc1c(NN=C(C#N)C#N)cccc1N1CCCC1. The fourth-order valence-electron chi connectivity index (χ4n) is 2.24. The van der Waals surface area contributed by atoms with E-state index < -0.39 is 0 Å². The molecule has 0 saturated carbocycles. The molecular weight excluding hydrogens is 238 g/mol. The van der Waals surface area contributed by atoms with Crippen LogP contribution < -0.4 is 10.3 Å². The van der Waals surface area contributed by atoms with Gasteiger partial charge in [0.15, 0.2) is 0 Å². The van der Waals surface area contributed by atoms with Crippen LogP contribution in [0.15, 0.2) is 23.3 Å². The van der Waals surface area contributed by atoms with Crippen LogP contribution in [-0.2, 0) is 0 Å². The largest absolute Gasteiger partial charge is 0.371 e. The Labute approximate surface area is 112 Å². The van der Waals surface area contributed by atoms with Gasteiger partial charge in [-0.05, 0) is 37.5 Å². The molecule has 1 aliphatic heterocycles. The van der Waals surface area contributed by atoms with Gasteiger partial charge in [0.05, 0.1) is 5.69 Å². The minimum Gasteiger partial charge on any atom is -0.371 e. The molecule has 0 aromatic heterocycles. The number of benzene rings is 1. The Morgan fingerprint density at radius 3 is 2.58 bits per heavy atom. The second kappa shape index (κ2) is 5.88. The maximum atomic E-state index is 8.65. The first kappa shape index (κ1) is 12.9. The summed E-state index contributed by atoms with van der Waals surface area (Å²) in [7, 11) is 0. The molecule has 1 N–H and O–H groups in total. The molecule has 0 amide bonds. The van der Waals surface area contributed by atoms with Crippen molar-refractivity contribution in [1.29, 1.82) is 10.5 Å². The zero-order valence-electron chi connectivity index (χ0n) is 10.8. The van der Waals surface area contributed by atoms with Crippen LogP contribution in [0.5, 0.6) is 0 Å². The number of rotatable bonds is 3. The Balaban J connectivity index is 2.23. The summed E-state index contributed by atoms with van der Waals surface area (Å²) >= 11 is 0. The van der Waals surface area contributed by atoms with Gasteiger partial charge >= 0.3 is 0 Å². The van der Waals surface area contributed by atoms with E-state index in [9.17, 15) is 0 Å². The molecular formula is C14H15N5. The highest BCUT2D eigenvalue weighted by molar-refractivity contribution is 6.10. The van der Waals surface area contributed by atoms with Crippen LogP contribution in [0.2, 0.25) is 0 Å². The standard InChI is InChI=1S/C14H15N5/c1-11-13(18-17-12(9-15)10-16)5-4-6-14(11)19-7-2-3-8-19/h4-6,18H,2-3,7-8H2,1H3. The lowest BCUT2D eigenvalue weighted by Crippen LogP contribution is -2.18. The molecule has 19 heavy (non-hydrogen) atoms. The number of nitrogens with zero attached hydrogens (tertiary/aromatic N) is 4. The lowest BCUT2D eigenvalue weighted by molar-refractivity contribution is 0.949. The third-order valence-corrected chi connectivity index (χ3v) is 3.25. The van der Waals surface area contributed by atoms with Gasteiger partial charge in [0, 0.05) is 18.8 Å². The van der Waals surface area contributed by atoms with E-state index in [-0.39, 0.29) is 5.71 Å². The van der Waals surface area contributed by atoms with Gasteiger partial charge in [-0.2, -0.15) is 15.6 Å². The van der Waals surface area contributed by atoms with Crippen molar-refractivity contribution in [3.05, 3.63) is 23.8 Å². The molecule has 0 aliphatic carbocycles. The van der Waals surface area contributed by atoms with Crippen molar-refractivity contribution in [3.8, 4) is 12.1 Å². The van der Waals surface area contributed by atoms with Crippen LogP contribution >= 0.6 is 0 Å². The number of nitriles is 2. The van der Waals surface area contributed by atoms with Gasteiger partial charge in [-0.3, -0.25) is 5.43 Å². The molecule has 1 heterocycles. The van der Waals surface area contributed by atoms with Crippen LogP contribution in [0.4, 0.5) is 11.4 Å². The lowest BCUT2D eigenvalue weighted by Gasteiger charge is -2.21. The van der Waals surface area contributed by atoms with Crippen LogP contribution in [0.3, 0.4) is 0 Å². The number of anilines is 2. The number of hydrogen-bond acceptors (Lipinski definition) is 5. The molecule has 1 saturated heterocycles. The van der Waals surface area contributed by atoms with Crippen LogP contribution in [0, 0.1) is 29.6 Å². The Hall–Kier alpha value is -2.53. The molecule has 0 bridgehead atoms. The Morgan fingerprint density at radius 1 is 1.26 bits per heavy atom. The predicted molar refractivity (Wildman–Crippen MR) is 74.9 cm³/mol. The molecule has 1 aromatic rings. The molecule has 0 unspecified atom stereocenters. The smallest absolute Gasteiger partial charge is 0.237 e. The number of hydrogen-bond donors (Lipinski definition) is 1. The van der Waals surface area contributed by atoms with E-state index in [2.05, 4.69) is 21.5 Å². The fourth-order valence-corrected chi connectivity index (χ4v) is 2.24. The van der Waals surface area contributed by atoms with E-state index in [0.29, 0.717) is 0 Å². The minimum absolute atomic E-state index is 0.175.